The second-order valence-electron chi connectivity index (χ2n) is 15.0. The third kappa shape index (κ3) is 15.1. The van der Waals surface area contributed by atoms with E-state index in [1.807, 2.05) is 24.3 Å². The summed E-state index contributed by atoms with van der Waals surface area (Å²) >= 11 is -0.527. The Bertz CT molecular complexity index is 1770. The molecular formula is C38H55N3O19Te2. The predicted molar refractivity (Wildman–Crippen MR) is 211 cm³/mol. The number of nitrogens with two attached hydrogens (primary N) is 1. The van der Waals surface area contributed by atoms with Crippen LogP contribution in [-0.4, -0.2) is 206 Å². The molecule has 3 fully saturated rings. The monoisotopic (exact) mass is 1120 g/mol. The fourth-order valence-corrected chi connectivity index (χ4v) is 10.4. The molecule has 62 heavy (non-hydrogen) atoms. The molecule has 0 saturated carbocycles. The molecule has 3 saturated heterocycles. The van der Waals surface area contributed by atoms with E-state index in [0.717, 1.165) is 0 Å². The summed E-state index contributed by atoms with van der Waals surface area (Å²) in [6.07, 6.45) is -9.83. The minimum absolute atomic E-state index is 0.133. The molecule has 0 radical (unpaired) electrons. The Hall–Kier alpha value is -2.88. The van der Waals surface area contributed by atoms with E-state index in [1.54, 1.807) is 0 Å². The van der Waals surface area contributed by atoms with Gasteiger partial charge in [-0.15, -0.1) is 0 Å². The fourth-order valence-electron chi connectivity index (χ4n) is 6.36. The van der Waals surface area contributed by atoms with Gasteiger partial charge in [0, 0.05) is 18.9 Å². The first-order valence-corrected chi connectivity index (χ1v) is 24.5. The second kappa shape index (κ2) is 24.4. The van der Waals surface area contributed by atoms with E-state index in [1.165, 1.54) is 21.0 Å². The van der Waals surface area contributed by atoms with E-state index in [2.05, 4.69) is 13.5 Å². The van der Waals surface area contributed by atoms with E-state index < -0.39 is 115 Å². The van der Waals surface area contributed by atoms with Gasteiger partial charge in [-0.1, -0.05) is 6.92 Å². The topological polar surface area (TPSA) is 374 Å². The van der Waals surface area contributed by atoms with E-state index in [9.17, 15) is 69.6 Å². The Morgan fingerprint density at radius 1 is 0.806 bits per heavy atom. The maximum atomic E-state index is 11.9. The zero-order valence-electron chi connectivity index (χ0n) is 33.8. The first-order valence-electron chi connectivity index (χ1n) is 19.5. The third-order valence-electron chi connectivity index (χ3n) is 10.3. The quantitative estimate of drug-likeness (QED) is 0.0558. The zero-order chi connectivity index (χ0) is 46.5. The Kier molecular flexibility index (Phi) is 21.1. The van der Waals surface area contributed by atoms with Gasteiger partial charge < -0.3 is 41.1 Å². The average Bonchev–Trinajstić information content (AvgIpc) is 4.02. The van der Waals surface area contributed by atoms with Crippen LogP contribution in [0.2, 0.25) is 0 Å². The van der Waals surface area contributed by atoms with Gasteiger partial charge in [0.05, 0.1) is 18.3 Å². The normalized spacial score (nSPS) is 29.2. The van der Waals surface area contributed by atoms with Crippen molar-refractivity contribution in [3.8, 4) is 0 Å². The number of nitrogens with zero attached hydrogens (tertiary/aromatic N) is 1. The number of hydroxylamine groups is 2. The molecule has 5 heterocycles. The molecule has 2 aromatic heterocycles. The molecule has 2 unspecified atom stereocenters. The Balaban J connectivity index is 0.000000257. The summed E-state index contributed by atoms with van der Waals surface area (Å²) in [6, 6.07) is 8.00. The summed E-state index contributed by atoms with van der Waals surface area (Å²) in [5, 5.41) is 100. The minimum atomic E-state index is -2.65. The molecule has 0 spiro atoms. The van der Waals surface area contributed by atoms with E-state index in [0.29, 0.717) is 17.9 Å². The number of carboxylic acid groups (broad SMARTS) is 2. The van der Waals surface area contributed by atoms with Crippen LogP contribution in [-0.2, 0) is 55.9 Å². The van der Waals surface area contributed by atoms with Crippen LogP contribution in [0.4, 0.5) is 0 Å². The van der Waals surface area contributed by atoms with Crippen molar-refractivity contribution in [1.82, 2.24) is 10.4 Å². The van der Waals surface area contributed by atoms with Crippen molar-refractivity contribution in [2.45, 2.75) is 126 Å². The van der Waals surface area contributed by atoms with Gasteiger partial charge in [0.25, 0.3) is 5.79 Å². The van der Waals surface area contributed by atoms with Gasteiger partial charge in [0.15, 0.2) is 0 Å². The van der Waals surface area contributed by atoms with Crippen LogP contribution in [0.5, 0.6) is 0 Å². The first-order chi connectivity index (χ1) is 29.0. The number of aliphatic hydroxyl groups excluding tert-OH is 6. The molecule has 348 valence electrons. The Morgan fingerprint density at radius 3 is 1.65 bits per heavy atom. The van der Waals surface area contributed by atoms with Crippen LogP contribution in [0.3, 0.4) is 0 Å². The molecule has 24 heteroatoms. The summed E-state index contributed by atoms with van der Waals surface area (Å²) in [5.41, 5.74) is 5.18. The number of amides is 3. The van der Waals surface area contributed by atoms with Gasteiger partial charge >= 0.3 is 270 Å². The van der Waals surface area contributed by atoms with Crippen molar-refractivity contribution < 1.29 is 94.1 Å². The van der Waals surface area contributed by atoms with Gasteiger partial charge in [-0.25, -0.2) is 9.59 Å². The molecule has 2 aromatic rings. The predicted octanol–water partition coefficient (Wildman–Crippen LogP) is -4.42. The number of aryl methyl sites for hydroxylation is 2. The van der Waals surface area contributed by atoms with Crippen LogP contribution < -0.4 is 11.1 Å². The Morgan fingerprint density at radius 2 is 1.24 bits per heavy atom. The van der Waals surface area contributed by atoms with Crippen molar-refractivity contribution in [3.05, 3.63) is 39.6 Å². The van der Waals surface area contributed by atoms with Crippen LogP contribution in [0.1, 0.15) is 59.5 Å². The van der Waals surface area contributed by atoms with Crippen LogP contribution >= 0.6 is 0 Å². The average molecular weight is 1110 g/mol. The molecular weight excluding hydrogens is 1060 g/mol. The van der Waals surface area contributed by atoms with Gasteiger partial charge in [-0.3, -0.25) is 0 Å². The van der Waals surface area contributed by atoms with E-state index in [-0.39, 0.29) is 85.5 Å². The number of ether oxygens (including phenoxy) is 2. The molecule has 0 aromatic carbocycles. The van der Waals surface area contributed by atoms with E-state index in [4.69, 9.17) is 30.3 Å². The second-order valence-corrected chi connectivity index (χ2v) is 20.9. The maximum absolute atomic E-state index is 11.9. The SMILES string of the molecule is C[C@H]1C([C@H](O)[C@H](O)CN)O[C@@](O)(C(=O)O)C[C@H]1O.C[C@H]1C([C@H](O)[C@H](O)CNC(=O)CCc2ccc[te]2)O[C@@](O)(C(=O)O)C[C@H]1O.O=C(CCc1ccc[te]1)ON1C(=O)CCC1=O. The summed E-state index contributed by atoms with van der Waals surface area (Å²) in [6.45, 7) is 2.51. The number of carbonyl (C=O) groups is 6. The molecule has 13 N–H and O–H groups in total. The number of aliphatic hydroxyl groups is 8. The van der Waals surface area contributed by atoms with Crippen molar-refractivity contribution in [3.63, 3.8) is 0 Å². The van der Waals surface area contributed by atoms with Gasteiger partial charge in [0.2, 0.25) is 0 Å². The van der Waals surface area contributed by atoms with E-state index >= 15 is 0 Å². The molecule has 22 nitrogen and oxygen atoms in total. The van der Waals surface area contributed by atoms with Crippen LogP contribution in [0.25, 0.3) is 0 Å². The van der Waals surface area contributed by atoms with Crippen molar-refractivity contribution in [1.29, 1.82) is 0 Å². The summed E-state index contributed by atoms with van der Waals surface area (Å²) in [7, 11) is 0. The van der Waals surface area contributed by atoms with Gasteiger partial charge in [-0.05, 0) is 0 Å². The fraction of sp³-hybridized carbons (Fsp3) is 0.632. The number of rotatable bonds is 16. The van der Waals surface area contributed by atoms with Crippen LogP contribution in [0.15, 0.2) is 32.4 Å². The molecule has 12 atom stereocenters. The van der Waals surface area contributed by atoms with Crippen molar-refractivity contribution >= 4 is 76.5 Å². The Labute approximate surface area is 375 Å². The molecule has 3 aliphatic heterocycles. The molecule has 3 aliphatic rings. The third-order valence-corrected chi connectivity index (χ3v) is 15.6. The number of hydrogen-bond donors (Lipinski definition) is 12. The molecule has 3 amide bonds. The van der Waals surface area contributed by atoms with Crippen molar-refractivity contribution in [2.75, 3.05) is 13.1 Å². The zero-order valence-corrected chi connectivity index (χ0v) is 38.5. The number of nitrogens with one attached hydrogen (secondary N) is 1. The number of hydrogen-bond acceptors (Lipinski definition) is 18. The summed E-state index contributed by atoms with van der Waals surface area (Å²) in [4.78, 5) is 72.5. The number of carbonyl (C=O) groups excluding carboxylic acids is 4. The van der Waals surface area contributed by atoms with Gasteiger partial charge in [0.1, 0.15) is 6.10 Å². The summed E-state index contributed by atoms with van der Waals surface area (Å²) in [5.74, 6) is -11.6. The first kappa shape index (κ1) is 53.5. The number of imide groups is 1. The standard InChI is InChI=1S/C17H25NO8Te.C11H11NO4Te.C10H19NO7/c1-9-11(19)7-17(25,16(23)24)26-15(9)14(22)12(20)8-18-13(21)5-4-10-3-2-6-27-10;13-9-4-5-10(14)12(9)16-11(15)6-3-8-2-1-7-17-8;1-4-5(12)2-10(17,9(15)16)18-8(4)7(14)6(13)3-11/h2-3,6,9,11-12,14-15,19-20,22,25H,4-5,7-8H2,1H3,(H,18,21)(H,23,24);1-2,7H,3-6H2;4-8,12-14,17H,2-3,11H2,1H3,(H,15,16)/t9-,11-,12-,14-,15?,17-;;4-,5-,6-,7-,8?,10-/m1.1/s1. The molecule has 0 aliphatic carbocycles. The number of aliphatic carboxylic acids is 2. The van der Waals surface area contributed by atoms with Crippen molar-refractivity contribution in [2.24, 2.45) is 17.6 Å². The number of carboxylic acids is 2. The molecule has 0 bridgehead atoms. The van der Waals surface area contributed by atoms with Crippen LogP contribution in [0, 0.1) is 11.8 Å². The molecule has 5 rings (SSSR count). The van der Waals surface area contributed by atoms with Gasteiger partial charge in [-0.2, -0.15) is 0 Å². The summed E-state index contributed by atoms with van der Waals surface area (Å²) < 4.78 is 16.8.